The number of carbonyl (C=O) groups is 1. The molecule has 0 fully saturated rings. The molecule has 0 saturated heterocycles. The third-order valence-corrected chi connectivity index (χ3v) is 2.85. The van der Waals surface area contributed by atoms with Crippen molar-refractivity contribution in [3.63, 3.8) is 0 Å². The molecule has 1 aromatic carbocycles. The number of imidazole rings is 1. The van der Waals surface area contributed by atoms with Crippen molar-refractivity contribution in [1.82, 2.24) is 9.38 Å². The maximum Gasteiger partial charge on any atom is 0.412 e. The van der Waals surface area contributed by atoms with E-state index >= 15 is 0 Å². The van der Waals surface area contributed by atoms with Crippen LogP contribution in [0.15, 0.2) is 61.1 Å². The summed E-state index contributed by atoms with van der Waals surface area (Å²) in [4.78, 5) is 15.8. The molecule has 2 heterocycles. The fourth-order valence-corrected chi connectivity index (χ4v) is 1.87. The molecule has 2 aromatic heterocycles. The third kappa shape index (κ3) is 2.77. The van der Waals surface area contributed by atoms with Gasteiger partial charge in [0.15, 0.2) is 0 Å². The van der Waals surface area contributed by atoms with Crippen LogP contribution in [0.1, 0.15) is 5.56 Å². The van der Waals surface area contributed by atoms with E-state index in [-0.39, 0.29) is 6.61 Å². The fourth-order valence-electron chi connectivity index (χ4n) is 1.87. The van der Waals surface area contributed by atoms with Gasteiger partial charge in [0, 0.05) is 18.6 Å². The lowest BCUT2D eigenvalue weighted by atomic mass is 10.2. The van der Waals surface area contributed by atoms with Gasteiger partial charge in [0.1, 0.15) is 12.3 Å². The van der Waals surface area contributed by atoms with Gasteiger partial charge in [0.2, 0.25) is 0 Å². The van der Waals surface area contributed by atoms with E-state index in [0.717, 1.165) is 11.2 Å². The van der Waals surface area contributed by atoms with E-state index in [4.69, 9.17) is 4.74 Å². The number of benzene rings is 1. The number of nitrogens with zero attached hydrogens (tertiary/aromatic N) is 2. The van der Waals surface area contributed by atoms with Gasteiger partial charge >= 0.3 is 6.09 Å². The Morgan fingerprint density at radius 1 is 1.20 bits per heavy atom. The zero-order valence-corrected chi connectivity index (χ0v) is 10.7. The SMILES string of the molecule is O=C(Nc1ccc2nccn2c1)OCc1ccccc1. The first-order chi connectivity index (χ1) is 9.81. The normalized spacial score (nSPS) is 10.4. The second-order valence-corrected chi connectivity index (χ2v) is 4.30. The van der Waals surface area contributed by atoms with E-state index in [1.54, 1.807) is 18.5 Å². The lowest BCUT2D eigenvalue weighted by Crippen LogP contribution is -2.13. The molecule has 0 radical (unpaired) electrons. The summed E-state index contributed by atoms with van der Waals surface area (Å²) in [5.74, 6) is 0. The molecule has 3 aromatic rings. The predicted octanol–water partition coefficient (Wildman–Crippen LogP) is 3.08. The highest BCUT2D eigenvalue weighted by Crippen LogP contribution is 2.10. The minimum Gasteiger partial charge on any atom is -0.444 e. The molecule has 3 rings (SSSR count). The molecular weight excluding hydrogens is 254 g/mol. The van der Waals surface area contributed by atoms with Crippen LogP contribution in [0.5, 0.6) is 0 Å². The van der Waals surface area contributed by atoms with Crippen molar-refractivity contribution in [2.45, 2.75) is 6.61 Å². The topological polar surface area (TPSA) is 55.6 Å². The van der Waals surface area contributed by atoms with Crippen molar-refractivity contribution in [3.05, 3.63) is 66.6 Å². The molecular formula is C15H13N3O2. The Labute approximate surface area is 115 Å². The van der Waals surface area contributed by atoms with E-state index in [1.807, 2.05) is 47.0 Å². The first kappa shape index (κ1) is 12.2. The van der Waals surface area contributed by atoms with Crippen molar-refractivity contribution in [3.8, 4) is 0 Å². The molecule has 0 bridgehead atoms. The predicted molar refractivity (Wildman–Crippen MR) is 75.4 cm³/mol. The van der Waals surface area contributed by atoms with Gasteiger partial charge in [-0.15, -0.1) is 0 Å². The van der Waals surface area contributed by atoms with Gasteiger partial charge in [-0.3, -0.25) is 5.32 Å². The maximum atomic E-state index is 11.7. The summed E-state index contributed by atoms with van der Waals surface area (Å²) in [5.41, 5.74) is 2.44. The van der Waals surface area contributed by atoms with Gasteiger partial charge in [0.05, 0.1) is 5.69 Å². The van der Waals surface area contributed by atoms with Gasteiger partial charge in [-0.25, -0.2) is 9.78 Å². The number of carbonyl (C=O) groups excluding carboxylic acids is 1. The number of hydrogen-bond donors (Lipinski definition) is 1. The van der Waals surface area contributed by atoms with Crippen LogP contribution in [0.3, 0.4) is 0 Å². The van der Waals surface area contributed by atoms with Crippen molar-refractivity contribution in [2.24, 2.45) is 0 Å². The molecule has 0 saturated carbocycles. The van der Waals surface area contributed by atoms with Gasteiger partial charge in [0.25, 0.3) is 0 Å². The molecule has 0 aliphatic carbocycles. The first-order valence-electron chi connectivity index (χ1n) is 6.22. The number of ether oxygens (including phenoxy) is 1. The molecule has 0 aliphatic heterocycles. The Bertz CT molecular complexity index is 722. The van der Waals surface area contributed by atoms with Crippen LogP contribution in [-0.4, -0.2) is 15.5 Å². The summed E-state index contributed by atoms with van der Waals surface area (Å²) < 4.78 is 6.98. The summed E-state index contributed by atoms with van der Waals surface area (Å²) in [7, 11) is 0. The van der Waals surface area contributed by atoms with Crippen LogP contribution in [0, 0.1) is 0 Å². The van der Waals surface area contributed by atoms with Gasteiger partial charge in [-0.2, -0.15) is 0 Å². The number of anilines is 1. The number of rotatable bonds is 3. The molecule has 100 valence electrons. The molecule has 0 unspecified atom stereocenters. The average Bonchev–Trinajstić information content (AvgIpc) is 2.94. The van der Waals surface area contributed by atoms with Crippen LogP contribution in [0.25, 0.3) is 5.65 Å². The van der Waals surface area contributed by atoms with Gasteiger partial charge in [-0.05, 0) is 17.7 Å². The summed E-state index contributed by atoms with van der Waals surface area (Å²) in [6.45, 7) is 0.250. The average molecular weight is 267 g/mol. The van der Waals surface area contributed by atoms with Crippen molar-refractivity contribution < 1.29 is 9.53 Å². The van der Waals surface area contributed by atoms with Gasteiger partial charge in [-0.1, -0.05) is 30.3 Å². The molecule has 1 amide bonds. The summed E-state index contributed by atoms with van der Waals surface area (Å²) in [6.07, 6.45) is 4.82. The summed E-state index contributed by atoms with van der Waals surface area (Å²) in [5, 5.41) is 2.68. The molecule has 0 atom stereocenters. The zero-order chi connectivity index (χ0) is 13.8. The quantitative estimate of drug-likeness (QED) is 0.793. The minimum atomic E-state index is -0.478. The lowest BCUT2D eigenvalue weighted by Gasteiger charge is -2.07. The fraction of sp³-hybridized carbons (Fsp3) is 0.0667. The standard InChI is InChI=1S/C15H13N3O2/c19-15(20-11-12-4-2-1-3-5-12)17-13-6-7-14-16-8-9-18(14)10-13/h1-10H,11H2,(H,17,19). The Balaban J connectivity index is 1.61. The van der Waals surface area contributed by atoms with E-state index in [0.29, 0.717) is 5.69 Å². The third-order valence-electron chi connectivity index (χ3n) is 2.85. The molecule has 20 heavy (non-hydrogen) atoms. The Morgan fingerprint density at radius 3 is 2.90 bits per heavy atom. The van der Waals surface area contributed by atoms with Crippen LogP contribution < -0.4 is 5.32 Å². The molecule has 0 aliphatic rings. The first-order valence-corrected chi connectivity index (χ1v) is 6.22. The smallest absolute Gasteiger partial charge is 0.412 e. The number of pyridine rings is 1. The maximum absolute atomic E-state index is 11.7. The van der Waals surface area contributed by atoms with Crippen LogP contribution >= 0.6 is 0 Å². The monoisotopic (exact) mass is 267 g/mol. The molecule has 1 N–H and O–H groups in total. The van der Waals surface area contributed by atoms with Crippen LogP contribution in [-0.2, 0) is 11.3 Å². The Morgan fingerprint density at radius 2 is 2.05 bits per heavy atom. The van der Waals surface area contributed by atoms with Crippen molar-refractivity contribution >= 4 is 17.4 Å². The molecule has 5 heteroatoms. The number of nitrogens with one attached hydrogen (secondary N) is 1. The van der Waals surface area contributed by atoms with E-state index in [2.05, 4.69) is 10.3 Å². The minimum absolute atomic E-state index is 0.250. The number of fused-ring (bicyclic) bond motifs is 1. The van der Waals surface area contributed by atoms with Crippen LogP contribution in [0.4, 0.5) is 10.5 Å². The molecule has 0 spiro atoms. The lowest BCUT2D eigenvalue weighted by molar-refractivity contribution is 0.155. The van der Waals surface area contributed by atoms with Crippen LogP contribution in [0.2, 0.25) is 0 Å². The highest BCUT2D eigenvalue weighted by Gasteiger charge is 2.04. The van der Waals surface area contributed by atoms with E-state index in [9.17, 15) is 4.79 Å². The van der Waals surface area contributed by atoms with Gasteiger partial charge < -0.3 is 9.14 Å². The molecule has 5 nitrogen and oxygen atoms in total. The highest BCUT2D eigenvalue weighted by molar-refractivity contribution is 5.84. The summed E-state index contributed by atoms with van der Waals surface area (Å²) in [6, 6.07) is 13.2. The number of hydrogen-bond acceptors (Lipinski definition) is 3. The van der Waals surface area contributed by atoms with Crippen molar-refractivity contribution in [1.29, 1.82) is 0 Å². The largest absolute Gasteiger partial charge is 0.444 e. The highest BCUT2D eigenvalue weighted by atomic mass is 16.5. The van der Waals surface area contributed by atoms with E-state index in [1.165, 1.54) is 0 Å². The second kappa shape index (κ2) is 5.44. The number of amides is 1. The second-order valence-electron chi connectivity index (χ2n) is 4.30. The Hall–Kier alpha value is -2.82. The van der Waals surface area contributed by atoms with E-state index < -0.39 is 6.09 Å². The van der Waals surface area contributed by atoms with Crippen molar-refractivity contribution in [2.75, 3.05) is 5.32 Å². The Kier molecular flexibility index (Phi) is 3.33. The summed E-state index contributed by atoms with van der Waals surface area (Å²) >= 11 is 0. The zero-order valence-electron chi connectivity index (χ0n) is 10.7. The number of aromatic nitrogens is 2.